The van der Waals surface area contributed by atoms with Crippen molar-refractivity contribution in [2.24, 2.45) is 4.99 Å². The van der Waals surface area contributed by atoms with Crippen LogP contribution in [0.1, 0.15) is 68.1 Å². The van der Waals surface area contributed by atoms with Crippen LogP contribution >= 0.6 is 0 Å². The summed E-state index contributed by atoms with van der Waals surface area (Å²) in [5.74, 6) is 0.0880. The second kappa shape index (κ2) is 10.7. The van der Waals surface area contributed by atoms with Crippen LogP contribution in [-0.2, 0) is 6.42 Å². The van der Waals surface area contributed by atoms with Crippen LogP contribution in [0.2, 0.25) is 0 Å². The summed E-state index contributed by atoms with van der Waals surface area (Å²) in [5, 5.41) is 6.47. The fourth-order valence-electron chi connectivity index (χ4n) is 11.1. The Labute approximate surface area is 320 Å². The van der Waals surface area contributed by atoms with Crippen molar-refractivity contribution in [3.05, 3.63) is 214 Å². The number of anilines is 1. The molecule has 0 saturated heterocycles. The zero-order valence-electron chi connectivity index (χ0n) is 30.1. The minimum absolute atomic E-state index is 0.0546. The molecule has 0 saturated carbocycles. The van der Waals surface area contributed by atoms with Gasteiger partial charge in [0.2, 0.25) is 0 Å². The summed E-state index contributed by atoms with van der Waals surface area (Å²) >= 11 is 0. The number of nitrogens with one attached hydrogen (secondary N) is 1. The van der Waals surface area contributed by atoms with Crippen molar-refractivity contribution in [3.8, 4) is 44.5 Å². The van der Waals surface area contributed by atoms with Crippen molar-refractivity contribution in [2.45, 2.75) is 24.4 Å². The van der Waals surface area contributed by atoms with Gasteiger partial charge >= 0.3 is 0 Å². The average Bonchev–Trinajstić information content (AvgIpc) is 3.91. The Morgan fingerprint density at radius 3 is 1.95 bits per heavy atom. The third-order valence-corrected chi connectivity index (χ3v) is 13.2. The van der Waals surface area contributed by atoms with E-state index < -0.39 is 0 Å². The van der Waals surface area contributed by atoms with Crippen molar-refractivity contribution in [2.75, 3.05) is 5.32 Å². The zero-order chi connectivity index (χ0) is 35.9. The van der Waals surface area contributed by atoms with Gasteiger partial charge < -0.3 is 5.32 Å². The number of nitrogens with zero attached hydrogens (tertiary/aromatic N) is 1. The Hall–Kier alpha value is -6.77. The van der Waals surface area contributed by atoms with Gasteiger partial charge in [-0.2, -0.15) is 0 Å². The van der Waals surface area contributed by atoms with Crippen LogP contribution in [0.15, 0.2) is 169 Å². The standard InChI is InChI=1S/C53H34N2/c1-29-45-34-17-5-4-16-33(34)35-24-13-26-42(47(35)45)50-46(29)36-18-6-7-19-37(36)49-48(50)38-20-8-9-21-39(38)51(49)52-41-22-10-11-27-44(41)54-53(55-52)40-25-12-23-32-31-15-3-2-14-30(31)28-43(32)40/h2-27,45,51,53-54H,1,28H2. The topological polar surface area (TPSA) is 24.4 Å². The van der Waals surface area contributed by atoms with Gasteiger partial charge in [-0.3, -0.25) is 4.99 Å². The molecule has 55 heavy (non-hydrogen) atoms. The molecular formula is C53H34N2. The Morgan fingerprint density at radius 1 is 0.455 bits per heavy atom. The lowest BCUT2D eigenvalue weighted by Crippen LogP contribution is -2.25. The van der Waals surface area contributed by atoms with E-state index in [9.17, 15) is 0 Å². The second-order valence-electron chi connectivity index (χ2n) is 15.7. The van der Waals surface area contributed by atoms with Crippen molar-refractivity contribution in [1.82, 2.24) is 0 Å². The van der Waals surface area contributed by atoms with Gasteiger partial charge in [-0.1, -0.05) is 158 Å². The van der Waals surface area contributed by atoms with E-state index in [0.717, 1.165) is 17.8 Å². The molecule has 256 valence electrons. The van der Waals surface area contributed by atoms with Gasteiger partial charge in [0, 0.05) is 22.7 Å². The zero-order valence-corrected chi connectivity index (χ0v) is 30.1. The molecule has 8 aromatic rings. The number of hydrogen-bond acceptors (Lipinski definition) is 2. The molecule has 3 unspecified atom stereocenters. The summed E-state index contributed by atoms with van der Waals surface area (Å²) in [6, 6.07) is 58.6. The molecule has 1 heterocycles. The molecule has 3 atom stereocenters. The number of fused-ring (bicyclic) bond motifs is 16. The molecule has 0 fully saturated rings. The van der Waals surface area contributed by atoms with Crippen molar-refractivity contribution in [3.63, 3.8) is 0 Å². The Bertz CT molecular complexity index is 3090. The summed E-state index contributed by atoms with van der Waals surface area (Å²) in [6.45, 7) is 4.96. The van der Waals surface area contributed by atoms with E-state index in [-0.39, 0.29) is 18.0 Å². The highest BCUT2D eigenvalue weighted by molar-refractivity contribution is 6.21. The SMILES string of the molecule is C=C1c2c(c3c(c4ccccc24)C(C2=NC(c4cccc5c4Cc4ccccc4-5)Nc4ccccc42)c2ccccc2-3)-c2cccc3c2C1c1ccccc1-3. The molecule has 1 aliphatic heterocycles. The van der Waals surface area contributed by atoms with Crippen LogP contribution in [-0.4, -0.2) is 5.71 Å². The van der Waals surface area contributed by atoms with Crippen LogP contribution in [0, 0.1) is 0 Å². The predicted octanol–water partition coefficient (Wildman–Crippen LogP) is 12.9. The molecule has 0 spiro atoms. The van der Waals surface area contributed by atoms with Crippen LogP contribution in [0.5, 0.6) is 0 Å². The van der Waals surface area contributed by atoms with Crippen molar-refractivity contribution < 1.29 is 0 Å². The molecular weight excluding hydrogens is 665 g/mol. The molecule has 4 aliphatic carbocycles. The monoisotopic (exact) mass is 698 g/mol. The lowest BCUT2D eigenvalue weighted by molar-refractivity contribution is 0.807. The summed E-state index contributed by atoms with van der Waals surface area (Å²) < 4.78 is 0. The maximum absolute atomic E-state index is 5.84. The van der Waals surface area contributed by atoms with Crippen molar-refractivity contribution >= 4 is 27.7 Å². The molecule has 1 N–H and O–H groups in total. The van der Waals surface area contributed by atoms with Gasteiger partial charge in [0.25, 0.3) is 0 Å². The first kappa shape index (κ1) is 29.7. The van der Waals surface area contributed by atoms with Gasteiger partial charge in [-0.25, -0.2) is 0 Å². The quantitative estimate of drug-likeness (QED) is 0.191. The van der Waals surface area contributed by atoms with E-state index in [4.69, 9.17) is 11.6 Å². The Morgan fingerprint density at radius 2 is 1.07 bits per heavy atom. The molecule has 2 heteroatoms. The first-order valence-electron chi connectivity index (χ1n) is 19.5. The molecule has 0 radical (unpaired) electrons. The van der Waals surface area contributed by atoms with Crippen LogP contribution in [0.3, 0.4) is 0 Å². The van der Waals surface area contributed by atoms with Crippen LogP contribution in [0.25, 0.3) is 60.9 Å². The smallest absolute Gasteiger partial charge is 0.145 e. The lowest BCUT2D eigenvalue weighted by atomic mass is 9.70. The van der Waals surface area contributed by atoms with Gasteiger partial charge in [-0.15, -0.1) is 0 Å². The van der Waals surface area contributed by atoms with Crippen LogP contribution in [0.4, 0.5) is 5.69 Å². The van der Waals surface area contributed by atoms with E-state index in [0.29, 0.717) is 0 Å². The summed E-state index contributed by atoms with van der Waals surface area (Å²) in [5.41, 5.74) is 26.0. The maximum Gasteiger partial charge on any atom is 0.145 e. The highest BCUT2D eigenvalue weighted by Gasteiger charge is 2.44. The molecule has 8 aromatic carbocycles. The molecule has 5 aliphatic rings. The van der Waals surface area contributed by atoms with E-state index in [1.165, 1.54) is 111 Å². The minimum atomic E-state index is -0.217. The third-order valence-electron chi connectivity index (χ3n) is 13.2. The number of rotatable bonds is 2. The molecule has 0 amide bonds. The predicted molar refractivity (Wildman–Crippen MR) is 227 cm³/mol. The number of para-hydroxylation sites is 1. The molecule has 2 nitrogen and oxygen atoms in total. The Kier molecular flexibility index (Phi) is 5.76. The fraction of sp³-hybridized carbons (Fsp3) is 0.0755. The van der Waals surface area contributed by atoms with Gasteiger partial charge in [0.15, 0.2) is 0 Å². The molecule has 0 aromatic heterocycles. The minimum Gasteiger partial charge on any atom is -0.360 e. The Balaban J connectivity index is 1.10. The largest absolute Gasteiger partial charge is 0.360 e. The number of benzene rings is 8. The third kappa shape index (κ3) is 3.76. The first-order valence-corrected chi connectivity index (χ1v) is 19.5. The second-order valence-corrected chi connectivity index (χ2v) is 15.7. The normalized spacial score (nSPS) is 18.6. The van der Waals surface area contributed by atoms with E-state index in [1.807, 2.05) is 0 Å². The molecule has 13 rings (SSSR count). The average molecular weight is 699 g/mol. The summed E-state index contributed by atoms with van der Waals surface area (Å²) in [6.07, 6.45) is 0.708. The highest BCUT2D eigenvalue weighted by Crippen LogP contribution is 2.64. The first-order chi connectivity index (χ1) is 27.2. The number of allylic oxidation sites excluding steroid dienone is 1. The van der Waals surface area contributed by atoms with Crippen molar-refractivity contribution in [1.29, 1.82) is 0 Å². The summed E-state index contributed by atoms with van der Waals surface area (Å²) in [7, 11) is 0. The highest BCUT2D eigenvalue weighted by atomic mass is 15.1. The van der Waals surface area contributed by atoms with Gasteiger partial charge in [0.05, 0.1) is 11.6 Å². The maximum atomic E-state index is 5.84. The molecule has 0 bridgehead atoms. The summed E-state index contributed by atoms with van der Waals surface area (Å²) in [4.78, 5) is 5.84. The van der Waals surface area contributed by atoms with E-state index in [1.54, 1.807) is 0 Å². The van der Waals surface area contributed by atoms with E-state index >= 15 is 0 Å². The number of hydrogen-bond donors (Lipinski definition) is 1. The van der Waals surface area contributed by atoms with Gasteiger partial charge in [0.1, 0.15) is 6.17 Å². The van der Waals surface area contributed by atoms with E-state index in [2.05, 4.69) is 163 Å². The number of aliphatic imine (C=N–C) groups is 1. The van der Waals surface area contributed by atoms with Gasteiger partial charge in [-0.05, 0) is 112 Å². The fourth-order valence-corrected chi connectivity index (χ4v) is 11.1. The van der Waals surface area contributed by atoms with Crippen LogP contribution < -0.4 is 5.32 Å². The lowest BCUT2D eigenvalue weighted by Gasteiger charge is -2.33.